The minimum atomic E-state index is -0.633. The summed E-state index contributed by atoms with van der Waals surface area (Å²) in [7, 11) is 3.78. The Labute approximate surface area is 129 Å². The van der Waals surface area contributed by atoms with Crippen molar-refractivity contribution in [3.63, 3.8) is 0 Å². The van der Waals surface area contributed by atoms with Crippen LogP contribution in [0.5, 0.6) is 0 Å². The van der Waals surface area contributed by atoms with Crippen LogP contribution >= 0.6 is 0 Å². The van der Waals surface area contributed by atoms with Gasteiger partial charge in [0.15, 0.2) is 0 Å². The average molecular weight is 299 g/mol. The molecule has 0 aromatic heterocycles. The van der Waals surface area contributed by atoms with Crippen molar-refractivity contribution in [1.82, 2.24) is 4.90 Å². The van der Waals surface area contributed by atoms with Crippen molar-refractivity contribution >= 4 is 5.97 Å². The Bertz CT molecular complexity index is 330. The molecule has 1 saturated carbocycles. The zero-order valence-corrected chi connectivity index (χ0v) is 14.4. The highest BCUT2D eigenvalue weighted by Crippen LogP contribution is 2.43. The Morgan fingerprint density at radius 2 is 2.05 bits per heavy atom. The lowest BCUT2D eigenvalue weighted by atomic mass is 9.65. The van der Waals surface area contributed by atoms with Crippen molar-refractivity contribution in [2.24, 2.45) is 17.3 Å². The molecule has 0 aromatic rings. The number of rotatable bonds is 8. The Morgan fingerprint density at radius 1 is 1.38 bits per heavy atom. The van der Waals surface area contributed by atoms with E-state index in [2.05, 4.69) is 32.7 Å². The molecule has 1 rings (SSSR count). The van der Waals surface area contributed by atoms with Gasteiger partial charge >= 0.3 is 5.97 Å². The number of carbonyl (C=O) groups is 1. The third-order valence-corrected chi connectivity index (χ3v) is 5.58. The summed E-state index contributed by atoms with van der Waals surface area (Å²) in [6.07, 6.45) is 4.96. The van der Waals surface area contributed by atoms with Crippen LogP contribution in [0, 0.1) is 17.3 Å². The van der Waals surface area contributed by atoms with Gasteiger partial charge in [-0.05, 0) is 44.1 Å². The van der Waals surface area contributed by atoms with Crippen LogP contribution in [0.25, 0.3) is 0 Å². The first-order chi connectivity index (χ1) is 9.83. The fourth-order valence-corrected chi connectivity index (χ4v) is 3.54. The molecule has 1 aliphatic carbocycles. The lowest BCUT2D eigenvalue weighted by Crippen LogP contribution is -2.48. The van der Waals surface area contributed by atoms with Gasteiger partial charge in [-0.1, -0.05) is 27.2 Å². The molecule has 3 unspecified atom stereocenters. The van der Waals surface area contributed by atoms with Crippen molar-refractivity contribution in [2.75, 3.05) is 27.3 Å². The van der Waals surface area contributed by atoms with Gasteiger partial charge in [-0.25, -0.2) is 0 Å². The second-order valence-electron chi connectivity index (χ2n) is 7.19. The van der Waals surface area contributed by atoms with Crippen LogP contribution in [0.2, 0.25) is 0 Å². The van der Waals surface area contributed by atoms with Crippen LogP contribution in [-0.2, 0) is 9.53 Å². The maximum atomic E-state index is 11.6. The highest BCUT2D eigenvalue weighted by molar-refractivity contribution is 5.71. The van der Waals surface area contributed by atoms with Gasteiger partial charge in [0, 0.05) is 26.3 Å². The second kappa shape index (κ2) is 8.14. The second-order valence-corrected chi connectivity index (χ2v) is 7.19. The quantitative estimate of drug-likeness (QED) is 0.699. The van der Waals surface area contributed by atoms with Crippen molar-refractivity contribution in [3.8, 4) is 0 Å². The first kappa shape index (κ1) is 18.4. The number of carboxylic acids is 1. The van der Waals surface area contributed by atoms with Crippen LogP contribution in [-0.4, -0.2) is 49.3 Å². The molecule has 21 heavy (non-hydrogen) atoms. The summed E-state index contributed by atoms with van der Waals surface area (Å²) < 4.78 is 5.10. The predicted octanol–water partition coefficient (Wildman–Crippen LogP) is 3.26. The number of methoxy groups -OCH3 is 1. The monoisotopic (exact) mass is 299 g/mol. The van der Waals surface area contributed by atoms with Gasteiger partial charge in [-0.15, -0.1) is 0 Å². The molecule has 0 radical (unpaired) electrons. The lowest BCUT2D eigenvalue weighted by molar-refractivity contribution is -0.146. The molecule has 0 heterocycles. The van der Waals surface area contributed by atoms with Gasteiger partial charge in [0.1, 0.15) is 0 Å². The lowest BCUT2D eigenvalue weighted by Gasteiger charge is -2.45. The molecule has 0 saturated heterocycles. The molecule has 124 valence electrons. The summed E-state index contributed by atoms with van der Waals surface area (Å²) >= 11 is 0. The van der Waals surface area contributed by atoms with E-state index in [1.807, 2.05) is 0 Å². The van der Waals surface area contributed by atoms with E-state index in [0.29, 0.717) is 11.3 Å². The summed E-state index contributed by atoms with van der Waals surface area (Å²) in [6, 6.07) is 0.156. The molecule has 4 heteroatoms. The van der Waals surface area contributed by atoms with Gasteiger partial charge in [0.05, 0.1) is 5.92 Å². The Kier molecular flexibility index (Phi) is 7.14. The summed E-state index contributed by atoms with van der Waals surface area (Å²) in [6.45, 7) is 8.52. The maximum absolute atomic E-state index is 11.6. The average Bonchev–Trinajstić information content (AvgIpc) is 2.46. The van der Waals surface area contributed by atoms with E-state index in [9.17, 15) is 9.90 Å². The van der Waals surface area contributed by atoms with Crippen LogP contribution < -0.4 is 0 Å². The van der Waals surface area contributed by atoms with E-state index in [4.69, 9.17) is 4.74 Å². The first-order valence-electron chi connectivity index (χ1n) is 8.25. The molecule has 0 bridgehead atoms. The van der Waals surface area contributed by atoms with E-state index >= 15 is 0 Å². The largest absolute Gasteiger partial charge is 0.481 e. The molecule has 0 aliphatic heterocycles. The summed E-state index contributed by atoms with van der Waals surface area (Å²) in [5.74, 6) is -0.235. The minimum Gasteiger partial charge on any atom is -0.481 e. The molecule has 1 aliphatic rings. The van der Waals surface area contributed by atoms with Crippen LogP contribution in [0.3, 0.4) is 0 Å². The number of nitrogens with zero attached hydrogens (tertiary/aromatic N) is 1. The number of ether oxygens (including phenoxy) is 1. The van der Waals surface area contributed by atoms with Gasteiger partial charge in [0.2, 0.25) is 0 Å². The molecular formula is C17H33NO3. The van der Waals surface area contributed by atoms with Gasteiger partial charge in [-0.3, -0.25) is 4.79 Å². The van der Waals surface area contributed by atoms with Crippen molar-refractivity contribution < 1.29 is 14.6 Å². The molecule has 0 spiro atoms. The van der Waals surface area contributed by atoms with E-state index in [1.165, 1.54) is 0 Å². The number of carboxylic acid groups (broad SMARTS) is 1. The zero-order chi connectivity index (χ0) is 16.0. The topological polar surface area (TPSA) is 49.8 Å². The standard InChI is InChI=1S/C17H33NO3/c1-6-17(2,3)13-8-9-14(16(19)20)15(12-13)18(4)10-7-11-21-5/h13-15H,6-12H2,1-5H3,(H,19,20). The molecular weight excluding hydrogens is 266 g/mol. The molecule has 0 amide bonds. The normalized spacial score (nSPS) is 27.0. The van der Waals surface area contributed by atoms with Gasteiger partial charge in [0.25, 0.3) is 0 Å². The highest BCUT2D eigenvalue weighted by atomic mass is 16.5. The first-order valence-corrected chi connectivity index (χ1v) is 8.25. The number of hydrogen-bond acceptors (Lipinski definition) is 3. The van der Waals surface area contributed by atoms with Crippen molar-refractivity contribution in [2.45, 2.75) is 58.9 Å². The summed E-state index contributed by atoms with van der Waals surface area (Å²) in [5.41, 5.74) is 0.301. The van der Waals surface area contributed by atoms with Gasteiger partial charge in [-0.2, -0.15) is 0 Å². The molecule has 1 N–H and O–H groups in total. The Hall–Kier alpha value is -0.610. The maximum Gasteiger partial charge on any atom is 0.308 e. The fraction of sp³-hybridized carbons (Fsp3) is 0.941. The highest BCUT2D eigenvalue weighted by Gasteiger charge is 2.41. The van der Waals surface area contributed by atoms with Crippen LogP contribution in [0.15, 0.2) is 0 Å². The summed E-state index contributed by atoms with van der Waals surface area (Å²) in [5, 5.41) is 9.52. The van der Waals surface area contributed by atoms with Crippen LogP contribution in [0.1, 0.15) is 52.9 Å². The molecule has 3 atom stereocenters. The van der Waals surface area contributed by atoms with Crippen LogP contribution in [0.4, 0.5) is 0 Å². The Balaban J connectivity index is 2.74. The zero-order valence-electron chi connectivity index (χ0n) is 14.4. The predicted molar refractivity (Wildman–Crippen MR) is 85.4 cm³/mol. The summed E-state index contributed by atoms with van der Waals surface area (Å²) in [4.78, 5) is 13.8. The van der Waals surface area contributed by atoms with E-state index in [-0.39, 0.29) is 12.0 Å². The van der Waals surface area contributed by atoms with E-state index in [0.717, 1.165) is 45.3 Å². The number of aliphatic carboxylic acids is 1. The fourth-order valence-electron chi connectivity index (χ4n) is 3.54. The molecule has 1 fully saturated rings. The third kappa shape index (κ3) is 4.96. The van der Waals surface area contributed by atoms with E-state index in [1.54, 1.807) is 7.11 Å². The van der Waals surface area contributed by atoms with Gasteiger partial charge < -0.3 is 14.7 Å². The Morgan fingerprint density at radius 3 is 2.57 bits per heavy atom. The van der Waals surface area contributed by atoms with Crippen molar-refractivity contribution in [1.29, 1.82) is 0 Å². The SMILES string of the molecule is CCC(C)(C)C1CCC(C(=O)O)C(N(C)CCCOC)C1. The van der Waals surface area contributed by atoms with Crippen molar-refractivity contribution in [3.05, 3.63) is 0 Å². The number of hydrogen-bond donors (Lipinski definition) is 1. The minimum absolute atomic E-state index is 0.156. The van der Waals surface area contributed by atoms with E-state index < -0.39 is 5.97 Å². The smallest absolute Gasteiger partial charge is 0.308 e. The molecule has 4 nitrogen and oxygen atoms in total. The molecule has 0 aromatic carbocycles. The third-order valence-electron chi connectivity index (χ3n) is 5.58.